The van der Waals surface area contributed by atoms with E-state index in [9.17, 15) is 9.59 Å². The number of amides is 2. The summed E-state index contributed by atoms with van der Waals surface area (Å²) in [5.41, 5.74) is 1.15. The van der Waals surface area contributed by atoms with Gasteiger partial charge in [-0.25, -0.2) is 0 Å². The van der Waals surface area contributed by atoms with Gasteiger partial charge >= 0.3 is 0 Å². The number of aromatic nitrogens is 1. The van der Waals surface area contributed by atoms with Crippen molar-refractivity contribution in [3.8, 4) is 0 Å². The topological polar surface area (TPSA) is 45.6 Å². The summed E-state index contributed by atoms with van der Waals surface area (Å²) in [6, 6.07) is 4.44. The fraction of sp³-hybridized carbons (Fsp3) is 0.714. The van der Waals surface area contributed by atoms with Gasteiger partial charge in [0.1, 0.15) is 0 Å². The van der Waals surface area contributed by atoms with Crippen molar-refractivity contribution in [2.75, 3.05) is 13.1 Å². The third-order valence-corrected chi connectivity index (χ3v) is 5.82. The molecule has 2 amide bonds. The van der Waals surface area contributed by atoms with Gasteiger partial charge in [0, 0.05) is 37.4 Å². The molecule has 26 heavy (non-hydrogen) atoms. The number of rotatable bonds is 9. The van der Waals surface area contributed by atoms with Crippen molar-refractivity contribution in [2.45, 2.75) is 70.9 Å². The lowest BCUT2D eigenvalue weighted by molar-refractivity contribution is -0.143. The first-order chi connectivity index (χ1) is 12.6. The van der Waals surface area contributed by atoms with Crippen LogP contribution in [0.2, 0.25) is 0 Å². The fourth-order valence-corrected chi connectivity index (χ4v) is 3.94. The molecule has 0 aromatic carbocycles. The van der Waals surface area contributed by atoms with Gasteiger partial charge in [-0.3, -0.25) is 9.59 Å². The molecule has 2 aliphatic rings. The first kappa shape index (κ1) is 19.0. The van der Waals surface area contributed by atoms with Gasteiger partial charge in [0.2, 0.25) is 11.8 Å². The Balaban J connectivity index is 1.65. The molecule has 5 nitrogen and oxygen atoms in total. The predicted octanol–water partition coefficient (Wildman–Crippen LogP) is 3.34. The average Bonchev–Trinajstić information content (AvgIpc) is 3.16. The quantitative estimate of drug-likeness (QED) is 0.679. The van der Waals surface area contributed by atoms with Crippen molar-refractivity contribution < 1.29 is 9.59 Å². The predicted molar refractivity (Wildman–Crippen MR) is 102 cm³/mol. The van der Waals surface area contributed by atoms with Gasteiger partial charge in [0.05, 0.1) is 13.1 Å². The molecular formula is C21H33N3O2. The van der Waals surface area contributed by atoms with Gasteiger partial charge in [-0.1, -0.05) is 26.2 Å². The van der Waals surface area contributed by atoms with Crippen LogP contribution in [0, 0.1) is 5.92 Å². The number of unbranched alkanes of at least 4 members (excludes halogenated alkanes) is 1. The zero-order valence-corrected chi connectivity index (χ0v) is 16.3. The Hall–Kier alpha value is -1.78. The zero-order valence-electron chi connectivity index (χ0n) is 16.3. The van der Waals surface area contributed by atoms with E-state index in [1.165, 1.54) is 0 Å². The second-order valence-electron chi connectivity index (χ2n) is 7.96. The molecule has 0 bridgehead atoms. The molecule has 5 heteroatoms. The van der Waals surface area contributed by atoms with Crippen LogP contribution in [0.15, 0.2) is 18.3 Å². The Morgan fingerprint density at radius 3 is 2.50 bits per heavy atom. The Labute approximate surface area is 157 Å². The smallest absolute Gasteiger partial charge is 0.242 e. The van der Waals surface area contributed by atoms with E-state index in [2.05, 4.69) is 17.6 Å². The summed E-state index contributed by atoms with van der Waals surface area (Å²) in [4.78, 5) is 29.8. The molecule has 3 rings (SSSR count). The van der Waals surface area contributed by atoms with Crippen molar-refractivity contribution in [3.63, 3.8) is 0 Å². The number of nitrogens with zero attached hydrogens (tertiary/aromatic N) is 3. The van der Waals surface area contributed by atoms with Crippen LogP contribution in [0.3, 0.4) is 0 Å². The highest BCUT2D eigenvalue weighted by Gasteiger charge is 2.35. The van der Waals surface area contributed by atoms with Crippen LogP contribution in [-0.4, -0.2) is 45.3 Å². The van der Waals surface area contributed by atoms with Crippen LogP contribution in [-0.2, 0) is 23.2 Å². The van der Waals surface area contributed by atoms with E-state index in [1.807, 2.05) is 29.1 Å². The highest BCUT2D eigenvalue weighted by atomic mass is 16.2. The molecule has 144 valence electrons. The van der Waals surface area contributed by atoms with Gasteiger partial charge in [-0.15, -0.1) is 0 Å². The summed E-state index contributed by atoms with van der Waals surface area (Å²) in [5.74, 6) is 0.456. The maximum absolute atomic E-state index is 13.1. The molecule has 0 spiro atoms. The van der Waals surface area contributed by atoms with Gasteiger partial charge in [0.15, 0.2) is 0 Å². The highest BCUT2D eigenvalue weighted by molar-refractivity contribution is 5.86. The molecule has 2 fully saturated rings. The molecule has 2 saturated carbocycles. The van der Waals surface area contributed by atoms with E-state index in [1.54, 1.807) is 0 Å². The van der Waals surface area contributed by atoms with Crippen LogP contribution in [0.4, 0.5) is 0 Å². The first-order valence-electron chi connectivity index (χ1n) is 10.3. The van der Waals surface area contributed by atoms with Crippen molar-refractivity contribution in [3.05, 3.63) is 24.0 Å². The second-order valence-corrected chi connectivity index (χ2v) is 7.96. The molecule has 0 atom stereocenters. The summed E-state index contributed by atoms with van der Waals surface area (Å²) in [7, 11) is 2.02. The largest absolute Gasteiger partial charge is 0.353 e. The minimum absolute atomic E-state index is 0.108. The van der Waals surface area contributed by atoms with E-state index in [-0.39, 0.29) is 24.3 Å². The van der Waals surface area contributed by atoms with E-state index >= 15 is 0 Å². The fourth-order valence-electron chi connectivity index (χ4n) is 3.94. The standard InChI is InChI=1S/C21H33N3O2/c1-3-4-14-23(21(26)17-8-5-6-9-17)16-20(25)24(18-11-12-18)15-19-10-7-13-22(19)2/h7,10,13,17-18H,3-6,8-9,11-12,14-16H2,1-2H3. The van der Waals surface area contributed by atoms with Gasteiger partial charge in [-0.2, -0.15) is 0 Å². The Morgan fingerprint density at radius 2 is 1.92 bits per heavy atom. The van der Waals surface area contributed by atoms with Crippen molar-refractivity contribution in [1.29, 1.82) is 0 Å². The first-order valence-corrected chi connectivity index (χ1v) is 10.3. The lowest BCUT2D eigenvalue weighted by Crippen LogP contribution is -2.45. The minimum Gasteiger partial charge on any atom is -0.353 e. The summed E-state index contributed by atoms with van der Waals surface area (Å²) in [5, 5.41) is 0. The monoisotopic (exact) mass is 359 g/mol. The Bertz CT molecular complexity index is 615. The van der Waals surface area contributed by atoms with Crippen LogP contribution in [0.25, 0.3) is 0 Å². The summed E-state index contributed by atoms with van der Waals surface area (Å²) >= 11 is 0. The van der Waals surface area contributed by atoms with Crippen LogP contribution >= 0.6 is 0 Å². The maximum atomic E-state index is 13.1. The minimum atomic E-state index is 0.108. The molecule has 0 radical (unpaired) electrons. The molecular weight excluding hydrogens is 326 g/mol. The van der Waals surface area contributed by atoms with Gasteiger partial charge in [-0.05, 0) is 44.2 Å². The van der Waals surface area contributed by atoms with Crippen LogP contribution in [0.1, 0.15) is 64.0 Å². The second kappa shape index (κ2) is 8.74. The maximum Gasteiger partial charge on any atom is 0.242 e. The van der Waals surface area contributed by atoms with Crippen molar-refractivity contribution in [2.24, 2.45) is 13.0 Å². The molecule has 0 saturated heterocycles. The summed E-state index contributed by atoms with van der Waals surface area (Å²) in [6.45, 7) is 3.73. The molecule has 2 aliphatic carbocycles. The Kier molecular flexibility index (Phi) is 6.38. The van der Waals surface area contributed by atoms with Crippen molar-refractivity contribution >= 4 is 11.8 Å². The lowest BCUT2D eigenvalue weighted by Gasteiger charge is -2.29. The van der Waals surface area contributed by atoms with Gasteiger partial charge < -0.3 is 14.4 Å². The SMILES string of the molecule is CCCCN(CC(=O)N(Cc1cccn1C)C1CC1)C(=O)C1CCCC1. The van der Waals surface area contributed by atoms with Crippen LogP contribution < -0.4 is 0 Å². The normalized spacial score (nSPS) is 17.5. The zero-order chi connectivity index (χ0) is 18.5. The molecule has 0 unspecified atom stereocenters. The number of aryl methyl sites for hydroxylation is 1. The number of carbonyl (C=O) groups excluding carboxylic acids is 2. The van der Waals surface area contributed by atoms with E-state index in [4.69, 9.17) is 0 Å². The summed E-state index contributed by atoms with van der Waals surface area (Å²) in [6.07, 6.45) is 10.5. The van der Waals surface area contributed by atoms with Crippen LogP contribution in [0.5, 0.6) is 0 Å². The molecule has 1 aromatic rings. The highest BCUT2D eigenvalue weighted by Crippen LogP contribution is 2.30. The third kappa shape index (κ3) is 4.68. The number of hydrogen-bond donors (Lipinski definition) is 0. The van der Waals surface area contributed by atoms with E-state index in [0.717, 1.165) is 57.1 Å². The van der Waals surface area contributed by atoms with E-state index < -0.39 is 0 Å². The summed E-state index contributed by atoms with van der Waals surface area (Å²) < 4.78 is 2.07. The van der Waals surface area contributed by atoms with Crippen molar-refractivity contribution in [1.82, 2.24) is 14.4 Å². The van der Waals surface area contributed by atoms with Gasteiger partial charge in [0.25, 0.3) is 0 Å². The lowest BCUT2D eigenvalue weighted by atomic mass is 10.1. The Morgan fingerprint density at radius 1 is 1.19 bits per heavy atom. The molecule has 1 heterocycles. The average molecular weight is 360 g/mol. The molecule has 0 aliphatic heterocycles. The number of carbonyl (C=O) groups is 2. The third-order valence-electron chi connectivity index (χ3n) is 5.82. The number of hydrogen-bond acceptors (Lipinski definition) is 2. The molecule has 0 N–H and O–H groups in total. The molecule has 1 aromatic heterocycles. The van der Waals surface area contributed by atoms with E-state index in [0.29, 0.717) is 19.1 Å².